The predicted molar refractivity (Wildman–Crippen MR) is 92.5 cm³/mol. The normalized spacial score (nSPS) is 23.3. The minimum absolute atomic E-state index is 0.0692. The summed E-state index contributed by atoms with van der Waals surface area (Å²) in [5.41, 5.74) is 3.30. The van der Waals surface area contributed by atoms with Gasteiger partial charge in [0.25, 0.3) is 0 Å². The minimum atomic E-state index is -0.0692. The number of methoxy groups -OCH3 is 1. The highest BCUT2D eigenvalue weighted by atomic mass is 32.2. The van der Waals surface area contributed by atoms with Gasteiger partial charge in [0.1, 0.15) is 5.75 Å². The van der Waals surface area contributed by atoms with Crippen LogP contribution in [0.1, 0.15) is 30.9 Å². The van der Waals surface area contributed by atoms with Crippen LogP contribution >= 0.6 is 11.8 Å². The number of thioether (sulfide) groups is 1. The van der Waals surface area contributed by atoms with E-state index in [4.69, 9.17) is 9.73 Å². The Balaban J connectivity index is 1.84. The summed E-state index contributed by atoms with van der Waals surface area (Å²) in [6.07, 6.45) is 7.67. The van der Waals surface area contributed by atoms with Crippen LogP contribution in [0.4, 0.5) is 0 Å². The summed E-state index contributed by atoms with van der Waals surface area (Å²) in [6.45, 7) is 0. The van der Waals surface area contributed by atoms with E-state index in [1.54, 1.807) is 7.11 Å². The summed E-state index contributed by atoms with van der Waals surface area (Å²) in [4.78, 5) is 19.0. The lowest BCUT2D eigenvalue weighted by molar-refractivity contribution is -0.125. The molecule has 0 radical (unpaired) electrons. The van der Waals surface area contributed by atoms with E-state index in [9.17, 15) is 4.79 Å². The number of amidine groups is 1. The molecule has 0 bridgehead atoms. The van der Waals surface area contributed by atoms with Crippen molar-refractivity contribution in [1.82, 2.24) is 4.90 Å². The summed E-state index contributed by atoms with van der Waals surface area (Å²) in [5, 5.41) is 0.834. The van der Waals surface area contributed by atoms with Crippen molar-refractivity contribution in [2.75, 3.05) is 12.9 Å². The standard InChI is InChI=1S/C18H18N2O2S/c1-22-13-9-7-12(8-10-13)17-14-5-3-2-4-6-15(14)19-18-20(17)16(21)11-23-18/h5-10,17H,2-4,11H2,1H3. The zero-order valence-corrected chi connectivity index (χ0v) is 13.8. The molecular formula is C18H18N2O2S. The summed E-state index contributed by atoms with van der Waals surface area (Å²) in [6, 6.07) is 7.93. The Morgan fingerprint density at radius 1 is 1.22 bits per heavy atom. The first-order chi connectivity index (χ1) is 11.3. The Hall–Kier alpha value is -2.01. The Morgan fingerprint density at radius 2 is 2.00 bits per heavy atom. The number of amides is 1. The number of nitrogens with zero attached hydrogens (tertiary/aromatic N) is 2. The average Bonchev–Trinajstić information content (AvgIpc) is 2.81. The molecule has 118 valence electrons. The largest absolute Gasteiger partial charge is 0.497 e. The quantitative estimate of drug-likeness (QED) is 0.832. The second-order valence-corrected chi connectivity index (χ2v) is 6.74. The third-order valence-corrected chi connectivity index (χ3v) is 5.34. The van der Waals surface area contributed by atoms with Crippen molar-refractivity contribution in [3.8, 4) is 5.75 Å². The van der Waals surface area contributed by atoms with Crippen LogP contribution in [0.3, 0.4) is 0 Å². The first-order valence-electron chi connectivity index (χ1n) is 7.86. The molecule has 1 saturated heterocycles. The second kappa shape index (κ2) is 5.89. The van der Waals surface area contributed by atoms with Crippen LogP contribution in [-0.2, 0) is 4.79 Å². The number of allylic oxidation sites excluding steroid dienone is 2. The fourth-order valence-electron chi connectivity index (χ4n) is 3.27. The lowest BCUT2D eigenvalue weighted by Gasteiger charge is -2.34. The van der Waals surface area contributed by atoms with Gasteiger partial charge >= 0.3 is 0 Å². The first-order valence-corrected chi connectivity index (χ1v) is 8.84. The van der Waals surface area contributed by atoms with Crippen molar-refractivity contribution < 1.29 is 9.53 Å². The first kappa shape index (κ1) is 14.6. The van der Waals surface area contributed by atoms with Crippen molar-refractivity contribution in [3.05, 3.63) is 53.3 Å². The molecule has 23 heavy (non-hydrogen) atoms. The number of fused-ring (bicyclic) bond motifs is 2. The van der Waals surface area contributed by atoms with Gasteiger partial charge in [0.2, 0.25) is 5.91 Å². The van der Waals surface area contributed by atoms with E-state index in [0.29, 0.717) is 5.75 Å². The Morgan fingerprint density at radius 3 is 2.78 bits per heavy atom. The summed E-state index contributed by atoms with van der Waals surface area (Å²) >= 11 is 1.54. The molecular weight excluding hydrogens is 308 g/mol. The number of ether oxygens (including phenoxy) is 1. The van der Waals surface area contributed by atoms with Gasteiger partial charge < -0.3 is 4.74 Å². The molecule has 2 aliphatic heterocycles. The highest BCUT2D eigenvalue weighted by Crippen LogP contribution is 2.44. The van der Waals surface area contributed by atoms with Gasteiger partial charge in [-0.2, -0.15) is 0 Å². The Kier molecular flexibility index (Phi) is 3.73. The molecule has 0 N–H and O–H groups in total. The number of hydrogen-bond acceptors (Lipinski definition) is 4. The van der Waals surface area contributed by atoms with Gasteiger partial charge in [-0.15, -0.1) is 0 Å². The van der Waals surface area contributed by atoms with E-state index in [0.717, 1.165) is 47.0 Å². The van der Waals surface area contributed by atoms with Crippen molar-refractivity contribution in [1.29, 1.82) is 0 Å². The van der Waals surface area contributed by atoms with Crippen LogP contribution in [0.5, 0.6) is 5.75 Å². The van der Waals surface area contributed by atoms with E-state index >= 15 is 0 Å². The van der Waals surface area contributed by atoms with Gasteiger partial charge in [-0.3, -0.25) is 9.69 Å². The van der Waals surface area contributed by atoms with Gasteiger partial charge in [0.15, 0.2) is 5.17 Å². The zero-order chi connectivity index (χ0) is 15.8. The van der Waals surface area contributed by atoms with Crippen LogP contribution in [-0.4, -0.2) is 28.8 Å². The van der Waals surface area contributed by atoms with Crippen molar-refractivity contribution in [2.24, 2.45) is 4.99 Å². The smallest absolute Gasteiger partial charge is 0.239 e. The van der Waals surface area contributed by atoms with E-state index < -0.39 is 0 Å². The molecule has 1 unspecified atom stereocenters. The number of carbonyl (C=O) groups excluding carboxylic acids is 1. The lowest BCUT2D eigenvalue weighted by atomic mass is 9.93. The van der Waals surface area contributed by atoms with E-state index in [2.05, 4.69) is 12.2 Å². The maximum absolute atomic E-state index is 12.4. The Bertz CT molecular complexity index is 734. The highest BCUT2D eigenvalue weighted by molar-refractivity contribution is 8.15. The van der Waals surface area contributed by atoms with Gasteiger partial charge in [0, 0.05) is 5.57 Å². The second-order valence-electron chi connectivity index (χ2n) is 5.80. The van der Waals surface area contributed by atoms with Gasteiger partial charge in [-0.05, 0) is 37.0 Å². The van der Waals surface area contributed by atoms with E-state index in [1.165, 1.54) is 11.8 Å². The number of rotatable bonds is 2. The molecule has 1 aromatic carbocycles. The lowest BCUT2D eigenvalue weighted by Crippen LogP contribution is -2.38. The van der Waals surface area contributed by atoms with E-state index in [1.807, 2.05) is 29.2 Å². The van der Waals surface area contributed by atoms with Crippen molar-refractivity contribution in [2.45, 2.75) is 25.3 Å². The third-order valence-electron chi connectivity index (χ3n) is 4.41. The summed E-state index contributed by atoms with van der Waals surface area (Å²) in [5.74, 6) is 1.44. The number of benzene rings is 1. The van der Waals surface area contributed by atoms with Gasteiger partial charge in [0.05, 0.1) is 24.6 Å². The monoisotopic (exact) mass is 326 g/mol. The van der Waals surface area contributed by atoms with Crippen LogP contribution in [0, 0.1) is 0 Å². The zero-order valence-electron chi connectivity index (χ0n) is 13.0. The molecule has 0 spiro atoms. The van der Waals surface area contributed by atoms with E-state index in [-0.39, 0.29) is 11.9 Å². The highest BCUT2D eigenvalue weighted by Gasteiger charge is 2.41. The molecule has 1 aromatic rings. The molecule has 1 fully saturated rings. The topological polar surface area (TPSA) is 41.9 Å². The molecule has 1 aliphatic carbocycles. The molecule has 1 atom stereocenters. The fourth-order valence-corrected chi connectivity index (χ4v) is 4.17. The van der Waals surface area contributed by atoms with Crippen LogP contribution in [0.2, 0.25) is 0 Å². The Labute approximate surface area is 139 Å². The number of hydrogen-bond donors (Lipinski definition) is 0. The average molecular weight is 326 g/mol. The third kappa shape index (κ3) is 2.49. The fraction of sp³-hybridized carbons (Fsp3) is 0.333. The van der Waals surface area contributed by atoms with Gasteiger partial charge in [-0.25, -0.2) is 4.99 Å². The van der Waals surface area contributed by atoms with Crippen molar-refractivity contribution >= 4 is 22.8 Å². The minimum Gasteiger partial charge on any atom is -0.497 e. The molecule has 4 rings (SSSR count). The molecule has 4 nitrogen and oxygen atoms in total. The molecule has 1 amide bonds. The predicted octanol–water partition coefficient (Wildman–Crippen LogP) is 3.68. The maximum atomic E-state index is 12.4. The SMILES string of the molecule is COc1ccc(C2C3=CCCCC=C3N=C3SCC(=O)N32)cc1. The van der Waals surface area contributed by atoms with Gasteiger partial charge in [-0.1, -0.05) is 36.0 Å². The van der Waals surface area contributed by atoms with Crippen LogP contribution in [0.15, 0.2) is 52.7 Å². The summed E-state index contributed by atoms with van der Waals surface area (Å²) < 4.78 is 5.26. The maximum Gasteiger partial charge on any atom is 0.239 e. The van der Waals surface area contributed by atoms with Crippen molar-refractivity contribution in [3.63, 3.8) is 0 Å². The molecule has 0 aromatic heterocycles. The summed E-state index contributed by atoms with van der Waals surface area (Å²) in [7, 11) is 1.66. The molecule has 3 aliphatic rings. The molecule has 0 saturated carbocycles. The number of carbonyl (C=O) groups is 1. The molecule has 5 heteroatoms. The number of aliphatic imine (C=N–C) groups is 1. The van der Waals surface area contributed by atoms with Crippen LogP contribution in [0.25, 0.3) is 0 Å². The molecule has 2 heterocycles. The van der Waals surface area contributed by atoms with Crippen LogP contribution < -0.4 is 4.74 Å².